The van der Waals surface area contributed by atoms with Crippen molar-refractivity contribution in [3.8, 4) is 0 Å². The van der Waals surface area contributed by atoms with Gasteiger partial charge in [0.05, 0.1) is 12.1 Å². The Hall–Kier alpha value is -1.89. The van der Waals surface area contributed by atoms with Gasteiger partial charge in [-0.15, -0.1) is 0 Å². The van der Waals surface area contributed by atoms with Crippen molar-refractivity contribution in [1.29, 1.82) is 0 Å². The molecule has 1 aliphatic carbocycles. The summed E-state index contributed by atoms with van der Waals surface area (Å²) in [7, 11) is 0. The van der Waals surface area contributed by atoms with Crippen molar-refractivity contribution in [2.75, 3.05) is 6.61 Å². The Labute approximate surface area is 107 Å². The number of carbonyl (C=O) groups is 1. The summed E-state index contributed by atoms with van der Waals surface area (Å²) in [5, 5.41) is 8.94. The molecule has 2 N–H and O–H groups in total. The van der Waals surface area contributed by atoms with Crippen LogP contribution in [-0.4, -0.2) is 33.3 Å². The Morgan fingerprint density at radius 1 is 1.37 bits per heavy atom. The molecule has 1 aromatic rings. The molecule has 7 nitrogen and oxygen atoms in total. The van der Waals surface area contributed by atoms with Crippen LogP contribution in [0.1, 0.15) is 35.7 Å². The Kier molecular flexibility index (Phi) is 2.78. The molecule has 2 fully saturated rings. The maximum atomic E-state index is 11.8. The SMILES string of the molecule is O=C(O)c1cn(C2CCOC2C2CC2)c(=O)[nH]c1=O. The normalized spacial score (nSPS) is 26.5. The first kappa shape index (κ1) is 12.2. The average molecular weight is 266 g/mol. The van der Waals surface area contributed by atoms with E-state index in [1.807, 2.05) is 0 Å². The van der Waals surface area contributed by atoms with Crippen LogP contribution in [0, 0.1) is 5.92 Å². The van der Waals surface area contributed by atoms with Crippen LogP contribution < -0.4 is 11.2 Å². The minimum absolute atomic E-state index is 0.0507. The molecule has 2 atom stereocenters. The summed E-state index contributed by atoms with van der Waals surface area (Å²) in [5.74, 6) is -0.892. The lowest BCUT2D eigenvalue weighted by Gasteiger charge is -2.20. The third kappa shape index (κ3) is 2.10. The van der Waals surface area contributed by atoms with Crippen LogP contribution in [0.25, 0.3) is 0 Å². The second-order valence-corrected chi connectivity index (χ2v) is 5.04. The number of carboxylic acids is 1. The molecule has 1 aromatic heterocycles. The molecule has 2 aliphatic rings. The van der Waals surface area contributed by atoms with Crippen molar-refractivity contribution in [3.63, 3.8) is 0 Å². The van der Waals surface area contributed by atoms with Crippen molar-refractivity contribution in [3.05, 3.63) is 32.6 Å². The first-order valence-corrected chi connectivity index (χ1v) is 6.28. The first-order chi connectivity index (χ1) is 9.08. The molecule has 7 heteroatoms. The molecular weight excluding hydrogens is 252 g/mol. The Balaban J connectivity index is 2.04. The van der Waals surface area contributed by atoms with E-state index in [-0.39, 0.29) is 12.1 Å². The lowest BCUT2D eigenvalue weighted by molar-refractivity contribution is 0.0682. The zero-order chi connectivity index (χ0) is 13.6. The van der Waals surface area contributed by atoms with Crippen LogP contribution in [0.5, 0.6) is 0 Å². The summed E-state index contributed by atoms with van der Waals surface area (Å²) < 4.78 is 6.94. The van der Waals surface area contributed by atoms with Crippen molar-refractivity contribution in [1.82, 2.24) is 9.55 Å². The van der Waals surface area contributed by atoms with Crippen LogP contribution >= 0.6 is 0 Å². The van der Waals surface area contributed by atoms with Gasteiger partial charge in [0.1, 0.15) is 5.56 Å². The molecule has 2 unspecified atom stereocenters. The molecule has 1 saturated heterocycles. The van der Waals surface area contributed by atoms with E-state index in [4.69, 9.17) is 9.84 Å². The predicted octanol–water partition coefficient (Wildman–Crippen LogP) is -0.0252. The van der Waals surface area contributed by atoms with Crippen LogP contribution in [0.3, 0.4) is 0 Å². The highest BCUT2D eigenvalue weighted by Crippen LogP contribution is 2.42. The predicted molar refractivity (Wildman–Crippen MR) is 64.4 cm³/mol. The number of hydrogen-bond donors (Lipinski definition) is 2. The van der Waals surface area contributed by atoms with Gasteiger partial charge in [0, 0.05) is 12.8 Å². The second-order valence-electron chi connectivity index (χ2n) is 5.04. The van der Waals surface area contributed by atoms with Gasteiger partial charge in [0.15, 0.2) is 0 Å². The summed E-state index contributed by atoms with van der Waals surface area (Å²) in [6.07, 6.45) is 3.89. The maximum absolute atomic E-state index is 11.8. The fourth-order valence-corrected chi connectivity index (χ4v) is 2.66. The molecule has 0 radical (unpaired) electrons. The summed E-state index contributed by atoms with van der Waals surface area (Å²) >= 11 is 0. The highest BCUT2D eigenvalue weighted by molar-refractivity contribution is 5.86. The third-order valence-corrected chi connectivity index (χ3v) is 3.75. The number of aromatic nitrogens is 2. The molecule has 1 saturated carbocycles. The smallest absolute Gasteiger partial charge is 0.342 e. The van der Waals surface area contributed by atoms with E-state index in [9.17, 15) is 14.4 Å². The quantitative estimate of drug-likeness (QED) is 0.800. The molecule has 0 aromatic carbocycles. The van der Waals surface area contributed by atoms with Crippen LogP contribution in [0.2, 0.25) is 0 Å². The Morgan fingerprint density at radius 3 is 2.74 bits per heavy atom. The third-order valence-electron chi connectivity index (χ3n) is 3.75. The van der Waals surface area contributed by atoms with Crippen molar-refractivity contribution < 1.29 is 14.6 Å². The minimum Gasteiger partial charge on any atom is -0.477 e. The zero-order valence-electron chi connectivity index (χ0n) is 10.2. The van der Waals surface area contributed by atoms with Crippen LogP contribution in [-0.2, 0) is 4.74 Å². The fourth-order valence-electron chi connectivity index (χ4n) is 2.66. The molecule has 0 bridgehead atoms. The number of rotatable bonds is 3. The van der Waals surface area contributed by atoms with E-state index in [1.54, 1.807) is 0 Å². The monoisotopic (exact) mass is 266 g/mol. The van der Waals surface area contributed by atoms with Crippen LogP contribution in [0.15, 0.2) is 15.8 Å². The van der Waals surface area contributed by atoms with Gasteiger partial charge >= 0.3 is 11.7 Å². The van der Waals surface area contributed by atoms with Gasteiger partial charge in [-0.25, -0.2) is 9.59 Å². The van der Waals surface area contributed by atoms with Crippen molar-refractivity contribution in [2.45, 2.75) is 31.4 Å². The second kappa shape index (κ2) is 4.34. The van der Waals surface area contributed by atoms with E-state index < -0.39 is 22.8 Å². The summed E-state index contributed by atoms with van der Waals surface area (Å²) in [6, 6.07) is -0.185. The van der Waals surface area contributed by atoms with Gasteiger partial charge in [-0.2, -0.15) is 0 Å². The molecule has 3 rings (SSSR count). The number of nitrogens with zero attached hydrogens (tertiary/aromatic N) is 1. The molecule has 2 heterocycles. The van der Waals surface area contributed by atoms with Gasteiger partial charge < -0.3 is 9.84 Å². The molecular formula is C12H14N2O5. The topological polar surface area (TPSA) is 101 Å². The summed E-state index contributed by atoms with van der Waals surface area (Å²) in [4.78, 5) is 36.3. The van der Waals surface area contributed by atoms with Crippen molar-refractivity contribution in [2.24, 2.45) is 5.92 Å². The van der Waals surface area contributed by atoms with Gasteiger partial charge in [0.2, 0.25) is 0 Å². The molecule has 0 spiro atoms. The lowest BCUT2D eigenvalue weighted by atomic mass is 10.1. The fraction of sp³-hybridized carbons (Fsp3) is 0.583. The average Bonchev–Trinajstić information content (AvgIpc) is 3.08. The van der Waals surface area contributed by atoms with Gasteiger partial charge in [0.25, 0.3) is 5.56 Å². The maximum Gasteiger partial charge on any atom is 0.342 e. The van der Waals surface area contributed by atoms with E-state index in [0.29, 0.717) is 18.9 Å². The Morgan fingerprint density at radius 2 is 2.11 bits per heavy atom. The Bertz CT molecular complexity index is 628. The van der Waals surface area contributed by atoms with Gasteiger partial charge in [-0.3, -0.25) is 14.3 Å². The highest BCUT2D eigenvalue weighted by atomic mass is 16.5. The number of nitrogens with one attached hydrogen (secondary N) is 1. The van der Waals surface area contributed by atoms with E-state index in [1.165, 1.54) is 4.57 Å². The number of ether oxygens (including phenoxy) is 1. The van der Waals surface area contributed by atoms with Crippen molar-refractivity contribution >= 4 is 5.97 Å². The van der Waals surface area contributed by atoms with E-state index in [0.717, 1.165) is 19.0 Å². The minimum atomic E-state index is -1.34. The summed E-state index contributed by atoms with van der Waals surface area (Å²) in [5.41, 5.74) is -1.85. The molecule has 19 heavy (non-hydrogen) atoms. The van der Waals surface area contributed by atoms with Gasteiger partial charge in [-0.05, 0) is 25.2 Å². The number of hydrogen-bond acceptors (Lipinski definition) is 4. The molecule has 0 amide bonds. The van der Waals surface area contributed by atoms with Crippen LogP contribution in [0.4, 0.5) is 0 Å². The largest absolute Gasteiger partial charge is 0.477 e. The standard InChI is InChI=1S/C12H14N2O5/c15-10-7(11(16)17)5-14(12(18)13-10)8-3-4-19-9(8)6-1-2-6/h5-6,8-9H,1-4H2,(H,16,17)(H,13,15,18). The zero-order valence-corrected chi connectivity index (χ0v) is 10.2. The molecule has 1 aliphatic heterocycles. The number of H-pyrrole nitrogens is 1. The first-order valence-electron chi connectivity index (χ1n) is 6.28. The number of aromatic amines is 1. The molecule has 102 valence electrons. The van der Waals surface area contributed by atoms with E-state index in [2.05, 4.69) is 4.98 Å². The highest BCUT2D eigenvalue weighted by Gasteiger charge is 2.42. The lowest BCUT2D eigenvalue weighted by Crippen LogP contribution is -2.38. The number of aromatic carboxylic acids is 1. The van der Waals surface area contributed by atoms with E-state index >= 15 is 0 Å². The van der Waals surface area contributed by atoms with Gasteiger partial charge in [-0.1, -0.05) is 0 Å². The number of carboxylic acid groups (broad SMARTS) is 1. The summed E-state index contributed by atoms with van der Waals surface area (Å²) in [6.45, 7) is 0.555.